The van der Waals surface area contributed by atoms with Gasteiger partial charge in [0, 0.05) is 11.4 Å². The first-order chi connectivity index (χ1) is 8.19. The molecule has 4 heteroatoms. The van der Waals surface area contributed by atoms with Crippen molar-refractivity contribution in [1.82, 2.24) is 0 Å². The van der Waals surface area contributed by atoms with Crippen LogP contribution in [-0.4, -0.2) is 24.1 Å². The summed E-state index contributed by atoms with van der Waals surface area (Å²) in [6.45, 7) is 4.20. The fraction of sp³-hybridized carbons (Fsp3) is 0.462. The molecule has 0 radical (unpaired) electrons. The summed E-state index contributed by atoms with van der Waals surface area (Å²) in [4.78, 5) is 4.59. The predicted octanol–water partition coefficient (Wildman–Crippen LogP) is 3.30. The Morgan fingerprint density at radius 3 is 2.94 bits per heavy atom. The third-order valence-electron chi connectivity index (χ3n) is 2.76. The Labute approximate surface area is 107 Å². The Balaban J connectivity index is 2.11. The predicted molar refractivity (Wildman–Crippen MR) is 75.3 cm³/mol. The molecule has 1 N–H and O–H groups in total. The zero-order chi connectivity index (χ0) is 12.3. The normalized spacial score (nSPS) is 19.7. The SMILES string of the molecule is COc1ccc(NC2=NC(C)CCS2)cc1C. The maximum absolute atomic E-state index is 5.24. The van der Waals surface area contributed by atoms with E-state index >= 15 is 0 Å². The largest absolute Gasteiger partial charge is 0.496 e. The third-order valence-corrected chi connectivity index (χ3v) is 3.68. The van der Waals surface area contributed by atoms with E-state index < -0.39 is 0 Å². The highest BCUT2D eigenvalue weighted by Gasteiger charge is 2.11. The average Bonchev–Trinajstić information content (AvgIpc) is 2.29. The standard InChI is InChI=1S/C13H18N2OS/c1-9-8-11(4-5-12(9)16-3)15-13-14-10(2)6-7-17-13/h4-5,8,10H,6-7H2,1-3H3,(H,14,15). The smallest absolute Gasteiger partial charge is 0.161 e. The molecule has 1 aromatic carbocycles. The highest BCUT2D eigenvalue weighted by atomic mass is 32.2. The summed E-state index contributed by atoms with van der Waals surface area (Å²) >= 11 is 1.79. The highest BCUT2D eigenvalue weighted by Crippen LogP contribution is 2.24. The summed E-state index contributed by atoms with van der Waals surface area (Å²) in [6.07, 6.45) is 1.16. The van der Waals surface area contributed by atoms with Crippen LogP contribution in [0.1, 0.15) is 18.9 Å². The van der Waals surface area contributed by atoms with E-state index in [0.29, 0.717) is 6.04 Å². The molecule has 0 fully saturated rings. The molecule has 0 spiro atoms. The first-order valence-electron chi connectivity index (χ1n) is 5.81. The summed E-state index contributed by atoms with van der Waals surface area (Å²) in [5, 5.41) is 4.38. The van der Waals surface area contributed by atoms with Gasteiger partial charge in [0.2, 0.25) is 0 Å². The Kier molecular flexibility index (Phi) is 3.94. The molecule has 1 unspecified atom stereocenters. The number of anilines is 1. The van der Waals surface area contributed by atoms with Crippen LogP contribution >= 0.6 is 11.8 Å². The Morgan fingerprint density at radius 2 is 2.29 bits per heavy atom. The lowest BCUT2D eigenvalue weighted by molar-refractivity contribution is 0.412. The van der Waals surface area contributed by atoms with Crippen LogP contribution in [0.2, 0.25) is 0 Å². The van der Waals surface area contributed by atoms with Crippen LogP contribution in [0, 0.1) is 6.92 Å². The fourth-order valence-electron chi connectivity index (χ4n) is 1.78. The summed E-state index contributed by atoms with van der Waals surface area (Å²) in [7, 11) is 1.69. The summed E-state index contributed by atoms with van der Waals surface area (Å²) in [5.74, 6) is 2.06. The van der Waals surface area contributed by atoms with Crippen LogP contribution in [0.15, 0.2) is 23.2 Å². The van der Waals surface area contributed by atoms with Crippen molar-refractivity contribution in [3.63, 3.8) is 0 Å². The molecule has 2 rings (SSSR count). The van der Waals surface area contributed by atoms with Gasteiger partial charge in [-0.25, -0.2) is 0 Å². The zero-order valence-corrected chi connectivity index (χ0v) is 11.3. The van der Waals surface area contributed by atoms with Gasteiger partial charge in [-0.3, -0.25) is 4.99 Å². The van der Waals surface area contributed by atoms with Crippen LogP contribution in [0.25, 0.3) is 0 Å². The van der Waals surface area contributed by atoms with Crippen LogP contribution < -0.4 is 10.1 Å². The van der Waals surface area contributed by atoms with Gasteiger partial charge in [0.25, 0.3) is 0 Å². The van der Waals surface area contributed by atoms with Gasteiger partial charge in [0.05, 0.1) is 13.2 Å². The van der Waals surface area contributed by atoms with E-state index in [0.717, 1.165) is 34.3 Å². The average molecular weight is 250 g/mol. The van der Waals surface area contributed by atoms with Crippen LogP contribution in [-0.2, 0) is 0 Å². The molecular weight excluding hydrogens is 232 g/mol. The highest BCUT2D eigenvalue weighted by molar-refractivity contribution is 8.14. The van der Waals surface area contributed by atoms with Crippen molar-refractivity contribution in [2.75, 3.05) is 18.2 Å². The lowest BCUT2D eigenvalue weighted by Crippen LogP contribution is -2.18. The van der Waals surface area contributed by atoms with E-state index in [-0.39, 0.29) is 0 Å². The van der Waals surface area contributed by atoms with Gasteiger partial charge in [-0.15, -0.1) is 0 Å². The molecule has 1 aromatic rings. The third kappa shape index (κ3) is 3.16. The second-order valence-electron chi connectivity index (χ2n) is 4.23. The molecule has 1 atom stereocenters. The summed E-state index contributed by atoms with van der Waals surface area (Å²) in [5.41, 5.74) is 2.20. The Bertz CT molecular complexity index is 431. The number of ether oxygens (including phenoxy) is 1. The van der Waals surface area contributed by atoms with Crippen molar-refractivity contribution in [3.8, 4) is 5.75 Å². The van der Waals surface area contributed by atoms with E-state index in [1.54, 1.807) is 18.9 Å². The van der Waals surface area contributed by atoms with E-state index in [1.165, 1.54) is 0 Å². The minimum absolute atomic E-state index is 0.429. The molecule has 1 aliphatic heterocycles. The fourth-order valence-corrected chi connectivity index (χ4v) is 2.87. The molecular formula is C13H18N2OS. The van der Waals surface area contributed by atoms with Crippen LogP contribution in [0.3, 0.4) is 0 Å². The topological polar surface area (TPSA) is 33.6 Å². The van der Waals surface area contributed by atoms with Crippen molar-refractivity contribution in [1.29, 1.82) is 0 Å². The molecule has 1 heterocycles. The number of hydrogen-bond acceptors (Lipinski definition) is 4. The maximum atomic E-state index is 5.24. The molecule has 0 saturated heterocycles. The monoisotopic (exact) mass is 250 g/mol. The van der Waals surface area contributed by atoms with Gasteiger partial charge in [-0.1, -0.05) is 11.8 Å². The van der Waals surface area contributed by atoms with Crippen molar-refractivity contribution >= 4 is 22.6 Å². The summed E-state index contributed by atoms with van der Waals surface area (Å²) in [6, 6.07) is 6.52. The molecule has 17 heavy (non-hydrogen) atoms. The number of thioether (sulfide) groups is 1. The number of aryl methyl sites for hydroxylation is 1. The Hall–Kier alpha value is -1.16. The summed E-state index contributed by atoms with van der Waals surface area (Å²) < 4.78 is 5.24. The maximum Gasteiger partial charge on any atom is 0.161 e. The minimum Gasteiger partial charge on any atom is -0.496 e. The van der Waals surface area contributed by atoms with Crippen molar-refractivity contribution < 1.29 is 4.74 Å². The number of rotatable bonds is 2. The van der Waals surface area contributed by atoms with Gasteiger partial charge < -0.3 is 10.1 Å². The van der Waals surface area contributed by atoms with Crippen molar-refractivity contribution in [2.45, 2.75) is 26.3 Å². The second kappa shape index (κ2) is 5.45. The Morgan fingerprint density at radius 1 is 1.47 bits per heavy atom. The lowest BCUT2D eigenvalue weighted by atomic mass is 10.2. The zero-order valence-electron chi connectivity index (χ0n) is 10.5. The second-order valence-corrected chi connectivity index (χ2v) is 5.31. The van der Waals surface area contributed by atoms with Crippen LogP contribution in [0.5, 0.6) is 5.75 Å². The molecule has 1 aliphatic rings. The molecule has 3 nitrogen and oxygen atoms in total. The van der Waals surface area contributed by atoms with Gasteiger partial charge in [-0.2, -0.15) is 0 Å². The number of benzene rings is 1. The first-order valence-corrected chi connectivity index (χ1v) is 6.80. The first kappa shape index (κ1) is 12.3. The molecule has 0 bridgehead atoms. The number of methoxy groups -OCH3 is 1. The van der Waals surface area contributed by atoms with Gasteiger partial charge in [0.15, 0.2) is 5.17 Å². The van der Waals surface area contributed by atoms with E-state index in [2.05, 4.69) is 23.3 Å². The number of amidine groups is 1. The lowest BCUT2D eigenvalue weighted by Gasteiger charge is -2.18. The number of nitrogens with one attached hydrogen (secondary N) is 1. The van der Waals surface area contributed by atoms with Crippen LogP contribution in [0.4, 0.5) is 5.69 Å². The number of hydrogen-bond donors (Lipinski definition) is 1. The van der Waals surface area contributed by atoms with E-state index in [1.807, 2.05) is 19.1 Å². The number of aliphatic imine (C=N–C) groups is 1. The minimum atomic E-state index is 0.429. The van der Waals surface area contributed by atoms with Crippen molar-refractivity contribution in [3.05, 3.63) is 23.8 Å². The van der Waals surface area contributed by atoms with Gasteiger partial charge in [-0.05, 0) is 44.0 Å². The molecule has 0 amide bonds. The molecule has 92 valence electrons. The van der Waals surface area contributed by atoms with E-state index in [9.17, 15) is 0 Å². The molecule has 0 aromatic heterocycles. The van der Waals surface area contributed by atoms with Crippen molar-refractivity contribution in [2.24, 2.45) is 4.99 Å². The molecule has 0 aliphatic carbocycles. The van der Waals surface area contributed by atoms with Gasteiger partial charge >= 0.3 is 0 Å². The molecule has 0 saturated carbocycles. The van der Waals surface area contributed by atoms with E-state index in [4.69, 9.17) is 4.74 Å². The quantitative estimate of drug-likeness (QED) is 0.874. The van der Waals surface area contributed by atoms with Gasteiger partial charge in [0.1, 0.15) is 5.75 Å². The number of nitrogens with zero attached hydrogens (tertiary/aromatic N) is 1.